The predicted octanol–water partition coefficient (Wildman–Crippen LogP) is 3.08. The first-order valence-corrected chi connectivity index (χ1v) is 11.2. The number of likely N-dealkylation sites (tertiary alicyclic amines) is 1. The summed E-state index contributed by atoms with van der Waals surface area (Å²) in [6, 6.07) is 8.30. The van der Waals surface area contributed by atoms with Gasteiger partial charge < -0.3 is 19.1 Å². The number of likely N-dealkylation sites (N-methyl/N-ethyl adjacent to an activating group) is 1. The molecule has 2 aromatic rings. The molecule has 0 radical (unpaired) electrons. The standard InChI is InChI=1S/C24H32N4O2/c1-26(2)22-11-19-13-28(14-20(19)12-23(22)30-15-17-3-4-17)24(29)18-5-7-21(8-6-18)27-10-9-25-16-27/h5-10,16-17,19-20,22-23H,3-4,11-15H2,1-2H3/t19-,20+,22-,23-/m1/s1. The fourth-order valence-corrected chi connectivity index (χ4v) is 5.19. The molecule has 4 atom stereocenters. The first-order chi connectivity index (χ1) is 14.6. The van der Waals surface area contributed by atoms with Crippen molar-refractivity contribution in [2.45, 2.75) is 37.8 Å². The quantitative estimate of drug-likeness (QED) is 0.737. The summed E-state index contributed by atoms with van der Waals surface area (Å²) in [4.78, 5) is 21.7. The Hall–Kier alpha value is -2.18. The van der Waals surface area contributed by atoms with Crippen molar-refractivity contribution in [3.63, 3.8) is 0 Å². The maximum Gasteiger partial charge on any atom is 0.253 e. The Bertz CT molecular complexity index is 860. The zero-order chi connectivity index (χ0) is 20.7. The van der Waals surface area contributed by atoms with Gasteiger partial charge in [0.2, 0.25) is 0 Å². The van der Waals surface area contributed by atoms with Gasteiger partial charge in [-0.2, -0.15) is 0 Å². The summed E-state index contributed by atoms with van der Waals surface area (Å²) in [7, 11) is 4.33. The average molecular weight is 409 g/mol. The molecule has 160 valence electrons. The van der Waals surface area contributed by atoms with Crippen LogP contribution in [0.4, 0.5) is 0 Å². The highest BCUT2D eigenvalue weighted by Gasteiger charge is 2.45. The topological polar surface area (TPSA) is 50.6 Å². The molecule has 1 amide bonds. The number of imidazole rings is 1. The van der Waals surface area contributed by atoms with Gasteiger partial charge in [0.1, 0.15) is 0 Å². The fourth-order valence-electron chi connectivity index (χ4n) is 5.19. The number of carbonyl (C=O) groups is 1. The van der Waals surface area contributed by atoms with E-state index in [0.29, 0.717) is 24.0 Å². The molecule has 2 saturated carbocycles. The van der Waals surface area contributed by atoms with Crippen LogP contribution < -0.4 is 0 Å². The van der Waals surface area contributed by atoms with Crippen molar-refractivity contribution in [2.24, 2.45) is 17.8 Å². The molecule has 5 rings (SSSR count). The van der Waals surface area contributed by atoms with E-state index in [1.54, 1.807) is 12.5 Å². The second-order valence-corrected chi connectivity index (χ2v) is 9.56. The molecule has 1 saturated heterocycles. The smallest absolute Gasteiger partial charge is 0.253 e. The van der Waals surface area contributed by atoms with Gasteiger partial charge >= 0.3 is 0 Å². The van der Waals surface area contributed by atoms with Gasteiger partial charge in [0, 0.05) is 49.4 Å². The zero-order valence-corrected chi connectivity index (χ0v) is 18.0. The third-order valence-electron chi connectivity index (χ3n) is 7.20. The molecule has 0 unspecified atom stereocenters. The summed E-state index contributed by atoms with van der Waals surface area (Å²) in [6.07, 6.45) is 10.6. The van der Waals surface area contributed by atoms with Gasteiger partial charge in [-0.05, 0) is 81.8 Å². The monoisotopic (exact) mass is 408 g/mol. The minimum Gasteiger partial charge on any atom is -0.376 e. The Kier molecular flexibility index (Phi) is 5.37. The third kappa shape index (κ3) is 4.03. The highest BCUT2D eigenvalue weighted by molar-refractivity contribution is 5.94. The maximum absolute atomic E-state index is 13.2. The number of benzene rings is 1. The SMILES string of the molecule is CN(C)[C@@H]1C[C@@H]2CN(C(=O)c3ccc(-n4ccnc4)cc3)C[C@@H]2C[C@H]1OCC1CC1. The van der Waals surface area contributed by atoms with Crippen LogP contribution in [-0.4, -0.2) is 71.2 Å². The number of nitrogens with zero attached hydrogens (tertiary/aromatic N) is 4. The second-order valence-electron chi connectivity index (χ2n) is 9.56. The largest absolute Gasteiger partial charge is 0.376 e. The fraction of sp³-hybridized carbons (Fsp3) is 0.583. The molecule has 2 heterocycles. The third-order valence-corrected chi connectivity index (χ3v) is 7.20. The van der Waals surface area contributed by atoms with Crippen LogP contribution in [0.1, 0.15) is 36.0 Å². The van der Waals surface area contributed by atoms with E-state index in [2.05, 4.69) is 28.9 Å². The molecular formula is C24H32N4O2. The van der Waals surface area contributed by atoms with Crippen molar-refractivity contribution in [2.75, 3.05) is 33.8 Å². The van der Waals surface area contributed by atoms with Crippen molar-refractivity contribution in [3.05, 3.63) is 48.5 Å². The molecule has 6 heteroatoms. The Labute approximate surface area is 178 Å². The Morgan fingerprint density at radius 2 is 1.87 bits per heavy atom. The van der Waals surface area contributed by atoms with E-state index in [9.17, 15) is 4.79 Å². The highest BCUT2D eigenvalue weighted by Crippen LogP contribution is 2.40. The second kappa shape index (κ2) is 8.16. The van der Waals surface area contributed by atoms with E-state index < -0.39 is 0 Å². The van der Waals surface area contributed by atoms with E-state index in [4.69, 9.17) is 4.74 Å². The summed E-state index contributed by atoms with van der Waals surface area (Å²) < 4.78 is 8.31. The van der Waals surface area contributed by atoms with E-state index in [0.717, 1.165) is 49.7 Å². The average Bonchev–Trinajstić information content (AvgIpc) is 3.25. The number of rotatable bonds is 6. The first kappa shape index (κ1) is 19.8. The van der Waals surface area contributed by atoms with E-state index in [1.807, 2.05) is 35.0 Å². The van der Waals surface area contributed by atoms with Gasteiger partial charge in [0.05, 0.1) is 12.4 Å². The van der Waals surface area contributed by atoms with Crippen LogP contribution in [-0.2, 0) is 4.74 Å². The lowest BCUT2D eigenvalue weighted by Crippen LogP contribution is -2.48. The summed E-state index contributed by atoms with van der Waals surface area (Å²) in [5, 5.41) is 0. The number of hydrogen-bond donors (Lipinski definition) is 0. The summed E-state index contributed by atoms with van der Waals surface area (Å²) in [5.74, 6) is 2.07. The summed E-state index contributed by atoms with van der Waals surface area (Å²) >= 11 is 0. The van der Waals surface area contributed by atoms with Gasteiger partial charge in [-0.3, -0.25) is 4.79 Å². The van der Waals surface area contributed by atoms with Gasteiger partial charge in [-0.15, -0.1) is 0 Å². The minimum atomic E-state index is 0.151. The van der Waals surface area contributed by atoms with Crippen LogP contribution in [0.5, 0.6) is 0 Å². The Balaban J connectivity index is 1.24. The molecule has 0 bridgehead atoms. The lowest BCUT2D eigenvalue weighted by molar-refractivity contribution is -0.0493. The number of amides is 1. The molecule has 1 aliphatic heterocycles. The van der Waals surface area contributed by atoms with Crippen molar-refractivity contribution >= 4 is 5.91 Å². The van der Waals surface area contributed by atoms with E-state index >= 15 is 0 Å². The molecule has 1 aromatic carbocycles. The lowest BCUT2D eigenvalue weighted by atomic mass is 9.77. The molecular weight excluding hydrogens is 376 g/mol. The van der Waals surface area contributed by atoms with Crippen LogP contribution in [0, 0.1) is 17.8 Å². The van der Waals surface area contributed by atoms with Crippen LogP contribution in [0.15, 0.2) is 43.0 Å². The van der Waals surface area contributed by atoms with Crippen molar-refractivity contribution in [3.8, 4) is 5.69 Å². The van der Waals surface area contributed by atoms with Crippen molar-refractivity contribution < 1.29 is 9.53 Å². The number of hydrogen-bond acceptors (Lipinski definition) is 4. The normalized spacial score (nSPS) is 28.7. The molecule has 6 nitrogen and oxygen atoms in total. The van der Waals surface area contributed by atoms with Crippen molar-refractivity contribution in [1.29, 1.82) is 0 Å². The van der Waals surface area contributed by atoms with Crippen LogP contribution in [0.3, 0.4) is 0 Å². The molecule has 3 fully saturated rings. The molecule has 1 aromatic heterocycles. The predicted molar refractivity (Wildman–Crippen MR) is 116 cm³/mol. The summed E-state index contributed by atoms with van der Waals surface area (Å²) in [6.45, 7) is 2.64. The van der Waals surface area contributed by atoms with Gasteiger partial charge in [-0.25, -0.2) is 4.98 Å². The number of ether oxygens (including phenoxy) is 1. The van der Waals surface area contributed by atoms with Crippen LogP contribution >= 0.6 is 0 Å². The maximum atomic E-state index is 13.2. The van der Waals surface area contributed by atoms with Crippen LogP contribution in [0.25, 0.3) is 5.69 Å². The van der Waals surface area contributed by atoms with Crippen molar-refractivity contribution in [1.82, 2.24) is 19.4 Å². The van der Waals surface area contributed by atoms with E-state index in [-0.39, 0.29) is 5.91 Å². The molecule has 0 spiro atoms. The van der Waals surface area contributed by atoms with Gasteiger partial charge in [0.15, 0.2) is 0 Å². The first-order valence-electron chi connectivity index (χ1n) is 11.2. The van der Waals surface area contributed by atoms with Gasteiger partial charge in [-0.1, -0.05) is 0 Å². The lowest BCUT2D eigenvalue weighted by Gasteiger charge is -2.41. The number of fused-ring (bicyclic) bond motifs is 1. The van der Waals surface area contributed by atoms with E-state index in [1.165, 1.54) is 12.8 Å². The Morgan fingerprint density at radius 3 is 2.50 bits per heavy atom. The number of carbonyl (C=O) groups excluding carboxylic acids is 1. The van der Waals surface area contributed by atoms with Crippen LogP contribution in [0.2, 0.25) is 0 Å². The summed E-state index contributed by atoms with van der Waals surface area (Å²) in [5.41, 5.74) is 1.78. The number of aromatic nitrogens is 2. The Morgan fingerprint density at radius 1 is 1.13 bits per heavy atom. The molecule has 30 heavy (non-hydrogen) atoms. The zero-order valence-electron chi connectivity index (χ0n) is 18.0. The molecule has 0 N–H and O–H groups in total. The molecule has 3 aliphatic rings. The highest BCUT2D eigenvalue weighted by atomic mass is 16.5. The molecule has 2 aliphatic carbocycles. The van der Waals surface area contributed by atoms with Gasteiger partial charge in [0.25, 0.3) is 5.91 Å². The minimum absolute atomic E-state index is 0.151.